The summed E-state index contributed by atoms with van der Waals surface area (Å²) >= 11 is 15.3. The number of thiocarbonyl (C=S) groups is 1. The van der Waals surface area contributed by atoms with Crippen LogP contribution in [-0.4, -0.2) is 23.0 Å². The van der Waals surface area contributed by atoms with E-state index < -0.39 is 0 Å². The fraction of sp³-hybridized carbons (Fsp3) is 0.278. The number of likely N-dealkylation sites (tertiary alicyclic amines) is 1. The molecule has 1 heterocycles. The topological polar surface area (TPSA) is 12.5 Å². The van der Waals surface area contributed by atoms with Crippen molar-refractivity contribution >= 4 is 44.7 Å². The van der Waals surface area contributed by atoms with Crippen LogP contribution in [0.3, 0.4) is 0 Å². The van der Waals surface area contributed by atoms with Gasteiger partial charge in [-0.25, -0.2) is 0 Å². The highest BCUT2D eigenvalue weighted by Crippen LogP contribution is 2.28. The molecular weight excluding hydrogens is 394 g/mol. The summed E-state index contributed by atoms with van der Waals surface area (Å²) in [4.78, 5) is 3.12. The van der Waals surface area contributed by atoms with Crippen LogP contribution in [0.5, 0.6) is 5.75 Å². The van der Waals surface area contributed by atoms with Gasteiger partial charge in [-0.3, -0.25) is 0 Å². The van der Waals surface area contributed by atoms with E-state index in [4.69, 9.17) is 28.6 Å². The Labute approximate surface area is 155 Å². The molecule has 1 saturated heterocycles. The van der Waals surface area contributed by atoms with E-state index in [-0.39, 0.29) is 0 Å². The lowest BCUT2D eigenvalue weighted by Crippen LogP contribution is -2.26. The Kier molecular flexibility index (Phi) is 5.57. The van der Waals surface area contributed by atoms with Gasteiger partial charge in [0.2, 0.25) is 0 Å². The largest absolute Gasteiger partial charge is 0.487 e. The quantitative estimate of drug-likeness (QED) is 0.622. The first-order chi connectivity index (χ1) is 11.1. The maximum atomic E-state index is 6.36. The molecular formula is C18H17BrClNOS. The second kappa shape index (κ2) is 7.65. The predicted molar refractivity (Wildman–Crippen MR) is 102 cm³/mol. The van der Waals surface area contributed by atoms with Crippen molar-refractivity contribution in [2.45, 2.75) is 19.4 Å². The molecule has 0 aromatic heterocycles. The van der Waals surface area contributed by atoms with Crippen molar-refractivity contribution in [2.75, 3.05) is 13.1 Å². The van der Waals surface area contributed by atoms with Gasteiger partial charge in [0, 0.05) is 23.1 Å². The van der Waals surface area contributed by atoms with Crippen LogP contribution in [-0.2, 0) is 6.61 Å². The molecule has 2 nitrogen and oxygen atoms in total. The molecule has 0 radical (unpaired) electrons. The van der Waals surface area contributed by atoms with Crippen molar-refractivity contribution in [3.8, 4) is 5.75 Å². The van der Waals surface area contributed by atoms with Crippen LogP contribution in [0.1, 0.15) is 24.0 Å². The summed E-state index contributed by atoms with van der Waals surface area (Å²) in [6, 6.07) is 13.8. The smallest absolute Gasteiger partial charge is 0.138 e. The molecule has 2 aromatic rings. The van der Waals surface area contributed by atoms with Crippen molar-refractivity contribution < 1.29 is 4.74 Å². The van der Waals surface area contributed by atoms with E-state index in [1.54, 1.807) is 0 Å². The van der Waals surface area contributed by atoms with E-state index in [1.807, 2.05) is 42.5 Å². The summed E-state index contributed by atoms with van der Waals surface area (Å²) in [5.74, 6) is 0.683. The summed E-state index contributed by atoms with van der Waals surface area (Å²) in [5, 5.41) is 0.598. The van der Waals surface area contributed by atoms with Crippen LogP contribution in [0.4, 0.5) is 0 Å². The third kappa shape index (κ3) is 4.25. The second-order valence-corrected chi connectivity index (χ2v) is 7.27. The molecule has 0 bridgehead atoms. The Bertz CT molecular complexity index is 699. The van der Waals surface area contributed by atoms with Crippen molar-refractivity contribution in [3.63, 3.8) is 0 Å². The van der Waals surface area contributed by atoms with Crippen LogP contribution >= 0.6 is 39.7 Å². The van der Waals surface area contributed by atoms with E-state index in [2.05, 4.69) is 20.8 Å². The van der Waals surface area contributed by atoms with Gasteiger partial charge in [-0.05, 0) is 48.7 Å². The highest BCUT2D eigenvalue weighted by molar-refractivity contribution is 9.10. The molecule has 1 fully saturated rings. The Morgan fingerprint density at radius 3 is 2.48 bits per heavy atom. The average molecular weight is 411 g/mol. The summed E-state index contributed by atoms with van der Waals surface area (Å²) in [5.41, 5.74) is 2.09. The summed E-state index contributed by atoms with van der Waals surface area (Å²) in [6.07, 6.45) is 2.42. The van der Waals surface area contributed by atoms with Crippen LogP contribution in [0.2, 0.25) is 5.02 Å². The van der Waals surface area contributed by atoms with E-state index >= 15 is 0 Å². The zero-order valence-electron chi connectivity index (χ0n) is 12.6. The molecule has 0 amide bonds. The molecule has 1 aliphatic rings. The van der Waals surface area contributed by atoms with Gasteiger partial charge in [-0.1, -0.05) is 51.9 Å². The van der Waals surface area contributed by atoms with Crippen LogP contribution in [0.25, 0.3) is 0 Å². The fourth-order valence-electron chi connectivity index (χ4n) is 2.60. The fourth-order valence-corrected chi connectivity index (χ4v) is 3.40. The van der Waals surface area contributed by atoms with Crippen molar-refractivity contribution in [1.82, 2.24) is 4.90 Å². The first-order valence-electron chi connectivity index (χ1n) is 7.59. The number of hydrogen-bond donors (Lipinski definition) is 0. The summed E-state index contributed by atoms with van der Waals surface area (Å²) in [7, 11) is 0. The minimum atomic E-state index is 0.489. The van der Waals surface area contributed by atoms with Crippen molar-refractivity contribution in [2.24, 2.45) is 0 Å². The lowest BCUT2D eigenvalue weighted by atomic mass is 10.2. The van der Waals surface area contributed by atoms with Gasteiger partial charge in [0.1, 0.15) is 17.3 Å². The monoisotopic (exact) mass is 409 g/mol. The number of hydrogen-bond acceptors (Lipinski definition) is 2. The Morgan fingerprint density at radius 2 is 1.83 bits per heavy atom. The van der Waals surface area contributed by atoms with Gasteiger partial charge in [0.25, 0.3) is 0 Å². The highest BCUT2D eigenvalue weighted by atomic mass is 79.9. The number of rotatable bonds is 4. The van der Waals surface area contributed by atoms with Gasteiger partial charge in [-0.2, -0.15) is 0 Å². The lowest BCUT2D eigenvalue weighted by molar-refractivity contribution is 0.306. The lowest BCUT2D eigenvalue weighted by Gasteiger charge is -2.19. The van der Waals surface area contributed by atoms with E-state index in [0.717, 1.165) is 33.7 Å². The van der Waals surface area contributed by atoms with Gasteiger partial charge < -0.3 is 9.64 Å². The van der Waals surface area contributed by atoms with E-state index in [1.165, 1.54) is 12.8 Å². The van der Waals surface area contributed by atoms with Crippen LogP contribution < -0.4 is 4.74 Å². The Morgan fingerprint density at radius 1 is 1.13 bits per heavy atom. The number of nitrogens with zero attached hydrogens (tertiary/aromatic N) is 1. The zero-order chi connectivity index (χ0) is 16.2. The molecule has 2 aromatic carbocycles. The molecule has 0 spiro atoms. The van der Waals surface area contributed by atoms with Crippen molar-refractivity contribution in [3.05, 3.63) is 63.1 Å². The predicted octanol–water partition coefficient (Wildman–Crippen LogP) is 5.45. The molecule has 0 atom stereocenters. The molecule has 120 valence electrons. The highest BCUT2D eigenvalue weighted by Gasteiger charge is 2.17. The number of halogens is 2. The summed E-state index contributed by atoms with van der Waals surface area (Å²) in [6.45, 7) is 2.57. The molecule has 23 heavy (non-hydrogen) atoms. The number of benzene rings is 2. The third-order valence-electron chi connectivity index (χ3n) is 3.88. The van der Waals surface area contributed by atoms with Gasteiger partial charge in [0.05, 0.1) is 5.02 Å². The van der Waals surface area contributed by atoms with E-state index in [9.17, 15) is 0 Å². The number of ether oxygens (including phenoxy) is 1. The normalized spacial score (nSPS) is 14.1. The average Bonchev–Trinajstić information content (AvgIpc) is 3.09. The minimum absolute atomic E-state index is 0.489. The second-order valence-electron chi connectivity index (χ2n) is 5.56. The Hall–Kier alpha value is -1.10. The molecule has 0 N–H and O–H groups in total. The summed E-state index contributed by atoms with van der Waals surface area (Å²) < 4.78 is 6.87. The third-order valence-corrected chi connectivity index (χ3v) is 5.20. The molecule has 0 aliphatic carbocycles. The SMILES string of the molecule is S=C(c1ccc(OCc2ccc(Br)cc2)c(Cl)c1)N1CCCC1. The van der Waals surface area contributed by atoms with Crippen LogP contribution in [0, 0.1) is 0 Å². The first-order valence-corrected chi connectivity index (χ1v) is 9.17. The molecule has 0 unspecified atom stereocenters. The zero-order valence-corrected chi connectivity index (χ0v) is 15.8. The molecule has 1 aliphatic heterocycles. The molecule has 5 heteroatoms. The van der Waals surface area contributed by atoms with Gasteiger partial charge in [0.15, 0.2) is 0 Å². The van der Waals surface area contributed by atoms with E-state index in [0.29, 0.717) is 17.4 Å². The van der Waals surface area contributed by atoms with Crippen molar-refractivity contribution in [1.29, 1.82) is 0 Å². The van der Waals surface area contributed by atoms with Gasteiger partial charge >= 0.3 is 0 Å². The van der Waals surface area contributed by atoms with Crippen LogP contribution in [0.15, 0.2) is 46.9 Å². The maximum absolute atomic E-state index is 6.36. The standard InChI is InChI=1S/C18H17BrClNOS/c19-15-6-3-13(4-7-15)12-22-17-8-5-14(11-16(17)20)18(23)21-9-1-2-10-21/h3-8,11H,1-2,9-10,12H2. The van der Waals surface area contributed by atoms with Gasteiger partial charge in [-0.15, -0.1) is 0 Å². The maximum Gasteiger partial charge on any atom is 0.138 e. The Balaban J connectivity index is 1.66. The molecule has 3 rings (SSSR count). The first kappa shape index (κ1) is 16.7. The minimum Gasteiger partial charge on any atom is -0.487 e. The molecule has 0 saturated carbocycles.